The van der Waals surface area contributed by atoms with Crippen molar-refractivity contribution in [3.8, 4) is 0 Å². The van der Waals surface area contributed by atoms with Crippen LogP contribution in [0.2, 0.25) is 0 Å². The highest BCUT2D eigenvalue weighted by Crippen LogP contribution is 2.19. The van der Waals surface area contributed by atoms with Gasteiger partial charge >= 0.3 is 5.97 Å². The normalized spacial score (nSPS) is 24.9. The zero-order chi connectivity index (χ0) is 15.2. The quantitative estimate of drug-likeness (QED) is 0.677. The van der Waals surface area contributed by atoms with Crippen molar-refractivity contribution < 1.29 is 24.2 Å². The van der Waals surface area contributed by atoms with Gasteiger partial charge in [-0.25, -0.2) is 0 Å². The summed E-state index contributed by atoms with van der Waals surface area (Å²) in [6.07, 6.45) is 1.32. The number of piperidine rings is 1. The molecule has 2 saturated heterocycles. The lowest BCUT2D eigenvalue weighted by molar-refractivity contribution is -0.149. The monoisotopic (exact) mass is 300 g/mol. The second-order valence-corrected chi connectivity index (χ2v) is 5.56. The Bertz CT molecular complexity index is 368. The van der Waals surface area contributed by atoms with Gasteiger partial charge in [0, 0.05) is 19.6 Å². The van der Waals surface area contributed by atoms with E-state index < -0.39 is 0 Å². The molecule has 0 aliphatic carbocycles. The minimum Gasteiger partial charge on any atom is -0.469 e. The minimum absolute atomic E-state index is 0.00229. The molecule has 2 aliphatic heterocycles. The second-order valence-electron chi connectivity index (χ2n) is 5.56. The number of esters is 1. The number of carbonyl (C=O) groups is 2. The first-order valence-electron chi connectivity index (χ1n) is 7.44. The second kappa shape index (κ2) is 7.72. The topological polar surface area (TPSA) is 79.3 Å². The zero-order valence-electron chi connectivity index (χ0n) is 12.5. The lowest BCUT2D eigenvalue weighted by Crippen LogP contribution is -2.52. The fraction of sp³-hybridized carbons (Fsp3) is 0.857. The third kappa shape index (κ3) is 4.15. The molecule has 0 bridgehead atoms. The molecule has 1 amide bonds. The third-order valence-electron chi connectivity index (χ3n) is 4.28. The number of amides is 1. The van der Waals surface area contributed by atoms with Gasteiger partial charge in [-0.1, -0.05) is 0 Å². The van der Waals surface area contributed by atoms with Gasteiger partial charge < -0.3 is 19.5 Å². The number of rotatable bonds is 4. The van der Waals surface area contributed by atoms with Gasteiger partial charge in [-0.2, -0.15) is 0 Å². The van der Waals surface area contributed by atoms with E-state index in [9.17, 15) is 14.7 Å². The maximum absolute atomic E-state index is 12.3. The van der Waals surface area contributed by atoms with Crippen molar-refractivity contribution in [1.29, 1.82) is 0 Å². The van der Waals surface area contributed by atoms with Gasteiger partial charge in [-0.3, -0.25) is 14.5 Å². The van der Waals surface area contributed by atoms with E-state index in [1.54, 1.807) is 4.90 Å². The number of ether oxygens (including phenoxy) is 2. The first kappa shape index (κ1) is 16.2. The summed E-state index contributed by atoms with van der Waals surface area (Å²) < 4.78 is 10.0. The maximum atomic E-state index is 12.3. The van der Waals surface area contributed by atoms with Crippen LogP contribution in [0.25, 0.3) is 0 Å². The number of aliphatic hydroxyl groups excluding tert-OH is 1. The van der Waals surface area contributed by atoms with Crippen LogP contribution in [0.4, 0.5) is 0 Å². The molecule has 7 heteroatoms. The molecular weight excluding hydrogens is 276 g/mol. The molecule has 1 atom stereocenters. The molecule has 1 unspecified atom stereocenters. The van der Waals surface area contributed by atoms with E-state index in [1.807, 2.05) is 4.90 Å². The van der Waals surface area contributed by atoms with E-state index in [0.717, 1.165) is 0 Å². The molecule has 120 valence electrons. The molecule has 0 aromatic rings. The number of hydrogen-bond donors (Lipinski definition) is 1. The molecule has 0 aromatic heterocycles. The molecule has 0 radical (unpaired) electrons. The van der Waals surface area contributed by atoms with E-state index in [2.05, 4.69) is 0 Å². The first-order valence-corrected chi connectivity index (χ1v) is 7.44. The van der Waals surface area contributed by atoms with Gasteiger partial charge in [0.05, 0.1) is 45.4 Å². The lowest BCUT2D eigenvalue weighted by atomic mass is 9.97. The van der Waals surface area contributed by atoms with Crippen LogP contribution in [-0.2, 0) is 19.1 Å². The van der Waals surface area contributed by atoms with Crippen molar-refractivity contribution >= 4 is 11.9 Å². The molecule has 0 saturated carbocycles. The summed E-state index contributed by atoms with van der Waals surface area (Å²) in [5.74, 6) is -0.220. The Kier molecular flexibility index (Phi) is 5.96. The molecule has 2 rings (SSSR count). The molecular formula is C14H24N2O5. The Hall–Kier alpha value is -1.18. The Morgan fingerprint density at radius 3 is 2.62 bits per heavy atom. The standard InChI is InChI=1S/C14H24N2O5/c1-20-14(19)11-2-4-15(5-3-11)13(18)8-16-6-7-21-10-12(16)9-17/h11-12,17H,2-10H2,1H3. The first-order chi connectivity index (χ1) is 10.2. The molecule has 7 nitrogen and oxygen atoms in total. The molecule has 2 heterocycles. The number of morpholine rings is 1. The van der Waals surface area contributed by atoms with E-state index in [-0.39, 0.29) is 30.4 Å². The highest BCUT2D eigenvalue weighted by molar-refractivity contribution is 5.79. The SMILES string of the molecule is COC(=O)C1CCN(C(=O)CN2CCOCC2CO)CC1. The molecule has 2 fully saturated rings. The van der Waals surface area contributed by atoms with Crippen molar-refractivity contribution in [1.82, 2.24) is 9.80 Å². The van der Waals surface area contributed by atoms with Crippen LogP contribution in [0.3, 0.4) is 0 Å². The van der Waals surface area contributed by atoms with Crippen molar-refractivity contribution in [2.24, 2.45) is 5.92 Å². The predicted molar refractivity (Wildman–Crippen MR) is 74.6 cm³/mol. The average Bonchev–Trinajstić information content (AvgIpc) is 2.54. The van der Waals surface area contributed by atoms with Gasteiger partial charge in [0.1, 0.15) is 0 Å². The Morgan fingerprint density at radius 1 is 1.29 bits per heavy atom. The van der Waals surface area contributed by atoms with Crippen LogP contribution in [0.5, 0.6) is 0 Å². The summed E-state index contributed by atoms with van der Waals surface area (Å²) in [6, 6.07) is -0.102. The third-order valence-corrected chi connectivity index (χ3v) is 4.28. The fourth-order valence-corrected chi connectivity index (χ4v) is 2.87. The van der Waals surface area contributed by atoms with Crippen LogP contribution >= 0.6 is 0 Å². The Morgan fingerprint density at radius 2 is 2.00 bits per heavy atom. The number of hydrogen-bond acceptors (Lipinski definition) is 6. The van der Waals surface area contributed by atoms with Crippen LogP contribution < -0.4 is 0 Å². The maximum Gasteiger partial charge on any atom is 0.308 e. The number of likely N-dealkylation sites (tertiary alicyclic amines) is 1. The van der Waals surface area contributed by atoms with Crippen LogP contribution in [0, 0.1) is 5.92 Å². The average molecular weight is 300 g/mol. The minimum atomic E-state index is -0.185. The Balaban J connectivity index is 1.80. The predicted octanol–water partition coefficient (Wildman–Crippen LogP) is -0.909. The summed E-state index contributed by atoms with van der Waals surface area (Å²) in [6.45, 7) is 3.20. The van der Waals surface area contributed by atoms with E-state index in [1.165, 1.54) is 7.11 Å². The van der Waals surface area contributed by atoms with Gasteiger partial charge in [0.15, 0.2) is 0 Å². The Labute approximate surface area is 124 Å². The van der Waals surface area contributed by atoms with Crippen molar-refractivity contribution in [2.75, 3.05) is 53.1 Å². The zero-order valence-corrected chi connectivity index (χ0v) is 12.5. The van der Waals surface area contributed by atoms with E-state index >= 15 is 0 Å². The largest absolute Gasteiger partial charge is 0.469 e. The molecule has 0 spiro atoms. The number of methoxy groups -OCH3 is 1. The summed E-state index contributed by atoms with van der Waals surface area (Å²) in [5, 5.41) is 9.31. The van der Waals surface area contributed by atoms with E-state index in [4.69, 9.17) is 9.47 Å². The van der Waals surface area contributed by atoms with Gasteiger partial charge in [0.25, 0.3) is 0 Å². The molecule has 0 aromatic carbocycles. The van der Waals surface area contributed by atoms with Crippen LogP contribution in [0.15, 0.2) is 0 Å². The number of carbonyl (C=O) groups excluding carboxylic acids is 2. The van der Waals surface area contributed by atoms with Gasteiger partial charge in [-0.15, -0.1) is 0 Å². The summed E-state index contributed by atoms with van der Waals surface area (Å²) in [5.41, 5.74) is 0. The fourth-order valence-electron chi connectivity index (χ4n) is 2.87. The number of aliphatic hydroxyl groups is 1. The van der Waals surface area contributed by atoms with E-state index in [0.29, 0.717) is 52.2 Å². The van der Waals surface area contributed by atoms with Gasteiger partial charge in [0.2, 0.25) is 5.91 Å². The lowest BCUT2D eigenvalue weighted by Gasteiger charge is -2.36. The van der Waals surface area contributed by atoms with Gasteiger partial charge in [-0.05, 0) is 12.8 Å². The van der Waals surface area contributed by atoms with Crippen LogP contribution in [0.1, 0.15) is 12.8 Å². The highest BCUT2D eigenvalue weighted by atomic mass is 16.5. The number of nitrogens with zero attached hydrogens (tertiary/aromatic N) is 2. The van der Waals surface area contributed by atoms with Crippen LogP contribution in [-0.4, -0.2) is 85.9 Å². The highest BCUT2D eigenvalue weighted by Gasteiger charge is 2.30. The molecule has 21 heavy (non-hydrogen) atoms. The molecule has 1 N–H and O–H groups in total. The molecule has 2 aliphatic rings. The summed E-state index contributed by atoms with van der Waals surface area (Å²) in [7, 11) is 1.40. The summed E-state index contributed by atoms with van der Waals surface area (Å²) >= 11 is 0. The van der Waals surface area contributed by atoms with Crippen molar-refractivity contribution in [3.63, 3.8) is 0 Å². The van der Waals surface area contributed by atoms with Crippen molar-refractivity contribution in [2.45, 2.75) is 18.9 Å². The summed E-state index contributed by atoms with van der Waals surface area (Å²) in [4.78, 5) is 27.6. The van der Waals surface area contributed by atoms with Crippen molar-refractivity contribution in [3.05, 3.63) is 0 Å². The smallest absolute Gasteiger partial charge is 0.308 e.